The molecule has 1 unspecified atom stereocenters. The molecule has 0 fully saturated rings. The number of nitrogens with zero attached hydrogens (tertiary/aromatic N) is 3. The van der Waals surface area contributed by atoms with E-state index in [2.05, 4.69) is 4.98 Å². The van der Waals surface area contributed by atoms with Gasteiger partial charge >= 0.3 is 5.82 Å². The van der Waals surface area contributed by atoms with Crippen LogP contribution in [0.25, 0.3) is 0 Å². The average molecular weight is 224 g/mol. The van der Waals surface area contributed by atoms with Crippen molar-refractivity contribution in [1.82, 2.24) is 9.55 Å². The van der Waals surface area contributed by atoms with Crippen LogP contribution in [0.2, 0.25) is 0 Å². The zero-order valence-corrected chi connectivity index (χ0v) is 9.51. The Balaban J connectivity index is 2.60. The summed E-state index contributed by atoms with van der Waals surface area (Å²) in [6, 6.07) is -0.255. The summed E-state index contributed by atoms with van der Waals surface area (Å²) in [6.45, 7) is 4.76. The Morgan fingerprint density at radius 2 is 2.31 bits per heavy atom. The molecule has 0 bridgehead atoms. The van der Waals surface area contributed by atoms with Crippen LogP contribution in [0.5, 0.6) is 0 Å². The molecule has 2 heterocycles. The van der Waals surface area contributed by atoms with Gasteiger partial charge in [0.25, 0.3) is 0 Å². The lowest BCUT2D eigenvalue weighted by Crippen LogP contribution is -2.23. The molecule has 1 aromatic rings. The Labute approximate surface area is 93.6 Å². The fraction of sp³-hybridized carbons (Fsp3) is 0.700. The van der Waals surface area contributed by atoms with E-state index in [-0.39, 0.29) is 17.8 Å². The summed E-state index contributed by atoms with van der Waals surface area (Å²) in [4.78, 5) is 14.6. The maximum atomic E-state index is 10.9. The van der Waals surface area contributed by atoms with Crippen LogP contribution in [-0.2, 0) is 6.54 Å². The van der Waals surface area contributed by atoms with Crippen molar-refractivity contribution in [2.24, 2.45) is 5.73 Å². The molecule has 0 spiro atoms. The highest BCUT2D eigenvalue weighted by molar-refractivity contribution is 5.34. The maximum absolute atomic E-state index is 10.9. The first-order valence-corrected chi connectivity index (χ1v) is 5.52. The number of nitro groups is 1. The quantitative estimate of drug-likeness (QED) is 0.612. The van der Waals surface area contributed by atoms with Crippen LogP contribution < -0.4 is 5.73 Å². The Bertz CT molecular complexity index is 425. The van der Waals surface area contributed by atoms with Crippen LogP contribution in [0.4, 0.5) is 5.82 Å². The standard InChI is InChI=1S/C10H16N4O2/c1-6(2)9-12-10(14(15)16)8-7(11)4-3-5-13(8)9/h6-7H,3-5,11H2,1-2H3. The van der Waals surface area contributed by atoms with Crippen LogP contribution in [0.15, 0.2) is 0 Å². The molecule has 0 saturated heterocycles. The van der Waals surface area contributed by atoms with E-state index in [1.807, 2.05) is 18.4 Å². The first-order valence-electron chi connectivity index (χ1n) is 5.52. The normalized spacial score (nSPS) is 19.9. The van der Waals surface area contributed by atoms with Gasteiger partial charge in [-0.05, 0) is 22.7 Å². The summed E-state index contributed by atoms with van der Waals surface area (Å²) in [7, 11) is 0. The lowest BCUT2D eigenvalue weighted by molar-refractivity contribution is -0.390. The second-order valence-electron chi connectivity index (χ2n) is 4.49. The van der Waals surface area contributed by atoms with Gasteiger partial charge in [-0.2, -0.15) is 0 Å². The summed E-state index contributed by atoms with van der Waals surface area (Å²) in [5, 5.41) is 10.9. The van der Waals surface area contributed by atoms with Crippen molar-refractivity contribution < 1.29 is 4.92 Å². The summed E-state index contributed by atoms with van der Waals surface area (Å²) < 4.78 is 1.93. The van der Waals surface area contributed by atoms with E-state index in [1.54, 1.807) is 0 Å². The summed E-state index contributed by atoms with van der Waals surface area (Å²) in [6.07, 6.45) is 1.76. The fourth-order valence-corrected chi connectivity index (χ4v) is 2.25. The number of fused-ring (bicyclic) bond motifs is 1. The SMILES string of the molecule is CC(C)c1nc([N+](=O)[O-])c2n1CCCC2N. The number of rotatable bonds is 2. The topological polar surface area (TPSA) is 87.0 Å². The van der Waals surface area contributed by atoms with Crippen LogP contribution >= 0.6 is 0 Å². The highest BCUT2D eigenvalue weighted by Crippen LogP contribution is 2.33. The van der Waals surface area contributed by atoms with Crippen molar-refractivity contribution in [3.05, 3.63) is 21.6 Å². The van der Waals surface area contributed by atoms with E-state index in [4.69, 9.17) is 5.73 Å². The van der Waals surface area contributed by atoms with Crippen LogP contribution in [-0.4, -0.2) is 14.5 Å². The molecule has 2 rings (SSSR count). The van der Waals surface area contributed by atoms with Crippen molar-refractivity contribution in [1.29, 1.82) is 0 Å². The molecule has 0 aromatic carbocycles. The molecule has 0 radical (unpaired) electrons. The van der Waals surface area contributed by atoms with Crippen LogP contribution in [0.3, 0.4) is 0 Å². The monoisotopic (exact) mass is 224 g/mol. The number of hydrogen-bond acceptors (Lipinski definition) is 4. The summed E-state index contributed by atoms with van der Waals surface area (Å²) in [5.41, 5.74) is 6.53. The van der Waals surface area contributed by atoms with Gasteiger partial charge in [0.1, 0.15) is 5.69 Å². The molecule has 1 atom stereocenters. The van der Waals surface area contributed by atoms with Gasteiger partial charge in [0.15, 0.2) is 0 Å². The molecular weight excluding hydrogens is 208 g/mol. The van der Waals surface area contributed by atoms with Gasteiger partial charge < -0.3 is 20.4 Å². The predicted octanol–water partition coefficient (Wildman–Crippen LogP) is 1.71. The van der Waals surface area contributed by atoms with Crippen molar-refractivity contribution in [2.75, 3.05) is 0 Å². The number of nitrogens with two attached hydrogens (primary N) is 1. The third-order valence-electron chi connectivity index (χ3n) is 2.95. The number of imidazole rings is 1. The van der Waals surface area contributed by atoms with Gasteiger partial charge in [-0.1, -0.05) is 13.8 Å². The summed E-state index contributed by atoms with van der Waals surface area (Å²) in [5.74, 6) is 0.894. The van der Waals surface area contributed by atoms with E-state index in [1.165, 1.54) is 0 Å². The lowest BCUT2D eigenvalue weighted by Gasteiger charge is -2.20. The third kappa shape index (κ3) is 1.59. The van der Waals surface area contributed by atoms with Gasteiger partial charge in [0, 0.05) is 12.5 Å². The summed E-state index contributed by atoms with van der Waals surface area (Å²) >= 11 is 0. The minimum absolute atomic E-state index is 0.0594. The van der Waals surface area contributed by atoms with E-state index in [9.17, 15) is 10.1 Å². The van der Waals surface area contributed by atoms with Gasteiger partial charge in [-0.25, -0.2) is 0 Å². The van der Waals surface area contributed by atoms with Crippen LogP contribution in [0.1, 0.15) is 50.2 Å². The van der Waals surface area contributed by atoms with Crippen molar-refractivity contribution >= 4 is 5.82 Å². The van der Waals surface area contributed by atoms with Crippen molar-refractivity contribution in [3.63, 3.8) is 0 Å². The fourth-order valence-electron chi connectivity index (χ4n) is 2.25. The smallest absolute Gasteiger partial charge is 0.358 e. The molecule has 1 aliphatic rings. The molecule has 16 heavy (non-hydrogen) atoms. The Morgan fingerprint density at radius 3 is 2.88 bits per heavy atom. The predicted molar refractivity (Wildman–Crippen MR) is 59.1 cm³/mol. The first-order chi connectivity index (χ1) is 7.52. The van der Waals surface area contributed by atoms with Gasteiger partial charge in [-0.15, -0.1) is 0 Å². The molecule has 0 saturated carbocycles. The van der Waals surface area contributed by atoms with Crippen molar-refractivity contribution in [2.45, 2.75) is 45.2 Å². The highest BCUT2D eigenvalue weighted by atomic mass is 16.6. The van der Waals surface area contributed by atoms with E-state index in [0.717, 1.165) is 25.2 Å². The van der Waals surface area contributed by atoms with Crippen molar-refractivity contribution in [3.8, 4) is 0 Å². The molecule has 6 nitrogen and oxygen atoms in total. The average Bonchev–Trinajstić information content (AvgIpc) is 2.58. The largest absolute Gasteiger partial charge is 0.386 e. The molecule has 1 aliphatic heterocycles. The van der Waals surface area contributed by atoms with E-state index in [0.29, 0.717) is 5.69 Å². The molecule has 0 amide bonds. The highest BCUT2D eigenvalue weighted by Gasteiger charge is 2.34. The zero-order chi connectivity index (χ0) is 11.9. The maximum Gasteiger partial charge on any atom is 0.386 e. The second-order valence-corrected chi connectivity index (χ2v) is 4.49. The van der Waals surface area contributed by atoms with E-state index < -0.39 is 4.92 Å². The molecule has 88 valence electrons. The minimum Gasteiger partial charge on any atom is -0.358 e. The third-order valence-corrected chi connectivity index (χ3v) is 2.95. The Morgan fingerprint density at radius 1 is 1.62 bits per heavy atom. The van der Waals surface area contributed by atoms with Gasteiger partial charge in [0.2, 0.25) is 5.82 Å². The first kappa shape index (κ1) is 11.1. The number of aromatic nitrogens is 2. The molecule has 2 N–H and O–H groups in total. The van der Waals surface area contributed by atoms with Crippen LogP contribution in [0, 0.1) is 10.1 Å². The number of hydrogen-bond donors (Lipinski definition) is 1. The van der Waals surface area contributed by atoms with Gasteiger partial charge in [0.05, 0.1) is 6.04 Å². The molecular formula is C10H16N4O2. The van der Waals surface area contributed by atoms with Gasteiger partial charge in [-0.3, -0.25) is 0 Å². The second kappa shape index (κ2) is 3.86. The lowest BCUT2D eigenvalue weighted by atomic mass is 10.0. The molecule has 1 aromatic heterocycles. The molecule has 6 heteroatoms. The Kier molecular flexibility index (Phi) is 2.67. The zero-order valence-electron chi connectivity index (χ0n) is 9.51. The Hall–Kier alpha value is -1.43. The molecule has 0 aliphatic carbocycles. The minimum atomic E-state index is -0.428. The van der Waals surface area contributed by atoms with E-state index >= 15 is 0 Å².